The fourth-order valence-corrected chi connectivity index (χ4v) is 2.37. The molecule has 2 unspecified atom stereocenters. The largest absolute Gasteiger partial charge is 0.327 e. The van der Waals surface area contributed by atoms with E-state index in [0.717, 1.165) is 6.04 Å². The van der Waals surface area contributed by atoms with Gasteiger partial charge in [0.2, 0.25) is 0 Å². The van der Waals surface area contributed by atoms with Crippen LogP contribution in [0.5, 0.6) is 0 Å². The molecule has 0 aliphatic heterocycles. The fraction of sp³-hybridized carbons (Fsp3) is 1.00. The molecular formula is C12H26N2. The van der Waals surface area contributed by atoms with Crippen molar-refractivity contribution in [2.24, 2.45) is 5.73 Å². The number of hydrogen-bond donors (Lipinski definition) is 1. The van der Waals surface area contributed by atoms with E-state index in [1.54, 1.807) is 0 Å². The molecule has 1 saturated carbocycles. The topological polar surface area (TPSA) is 29.3 Å². The molecule has 2 atom stereocenters. The standard InChI is InChI=1S/C12H26N2/c1-10(13)11(2)14(3)12-8-6-4-5-7-9-12/h10-12H,4-9,13H2,1-3H3. The van der Waals surface area contributed by atoms with Crippen molar-refractivity contribution in [3.8, 4) is 0 Å². The van der Waals surface area contributed by atoms with Gasteiger partial charge in [0.15, 0.2) is 0 Å². The Morgan fingerprint density at radius 3 is 2.00 bits per heavy atom. The minimum atomic E-state index is 0.281. The van der Waals surface area contributed by atoms with Gasteiger partial charge in [-0.2, -0.15) is 0 Å². The van der Waals surface area contributed by atoms with Crippen LogP contribution in [0.2, 0.25) is 0 Å². The third-order valence-corrected chi connectivity index (χ3v) is 3.80. The summed E-state index contributed by atoms with van der Waals surface area (Å²) in [6, 6.07) is 1.57. The van der Waals surface area contributed by atoms with E-state index in [4.69, 9.17) is 5.73 Å². The molecule has 0 heterocycles. The third-order valence-electron chi connectivity index (χ3n) is 3.80. The molecule has 0 aromatic heterocycles. The monoisotopic (exact) mass is 198 g/mol. The molecular weight excluding hydrogens is 172 g/mol. The molecule has 0 aromatic rings. The van der Waals surface area contributed by atoms with Gasteiger partial charge in [0.05, 0.1) is 0 Å². The van der Waals surface area contributed by atoms with Gasteiger partial charge < -0.3 is 5.73 Å². The average Bonchev–Trinajstić information content (AvgIpc) is 2.43. The molecule has 0 spiro atoms. The number of rotatable bonds is 3. The smallest absolute Gasteiger partial charge is 0.0216 e. The number of hydrogen-bond acceptors (Lipinski definition) is 2. The van der Waals surface area contributed by atoms with Gasteiger partial charge in [-0.1, -0.05) is 25.7 Å². The van der Waals surface area contributed by atoms with E-state index in [2.05, 4.69) is 25.8 Å². The lowest BCUT2D eigenvalue weighted by Crippen LogP contribution is -2.47. The van der Waals surface area contributed by atoms with Crippen molar-refractivity contribution in [3.05, 3.63) is 0 Å². The zero-order chi connectivity index (χ0) is 10.6. The molecule has 0 aromatic carbocycles. The van der Waals surface area contributed by atoms with Crippen molar-refractivity contribution in [1.29, 1.82) is 0 Å². The van der Waals surface area contributed by atoms with Crippen LogP contribution >= 0.6 is 0 Å². The number of nitrogens with two attached hydrogens (primary N) is 1. The number of nitrogens with zero attached hydrogens (tertiary/aromatic N) is 1. The lowest BCUT2D eigenvalue weighted by Gasteiger charge is -2.34. The van der Waals surface area contributed by atoms with Crippen LogP contribution in [0.3, 0.4) is 0 Å². The van der Waals surface area contributed by atoms with E-state index in [0.29, 0.717) is 6.04 Å². The molecule has 14 heavy (non-hydrogen) atoms. The molecule has 0 saturated heterocycles. The van der Waals surface area contributed by atoms with Crippen LogP contribution in [0.15, 0.2) is 0 Å². The van der Waals surface area contributed by atoms with Crippen molar-refractivity contribution in [2.75, 3.05) is 7.05 Å². The summed E-state index contributed by atoms with van der Waals surface area (Å²) in [4.78, 5) is 2.50. The summed E-state index contributed by atoms with van der Waals surface area (Å²) >= 11 is 0. The first-order valence-corrected chi connectivity index (χ1v) is 6.10. The molecule has 84 valence electrons. The summed E-state index contributed by atoms with van der Waals surface area (Å²) in [7, 11) is 2.24. The SMILES string of the molecule is CC(N)C(C)N(C)C1CCCCCC1. The van der Waals surface area contributed by atoms with E-state index >= 15 is 0 Å². The molecule has 0 bridgehead atoms. The summed E-state index contributed by atoms with van der Waals surface area (Å²) in [6.45, 7) is 4.35. The van der Waals surface area contributed by atoms with Crippen LogP contribution in [0.25, 0.3) is 0 Å². The van der Waals surface area contributed by atoms with Crippen molar-refractivity contribution >= 4 is 0 Å². The van der Waals surface area contributed by atoms with Crippen molar-refractivity contribution in [1.82, 2.24) is 4.90 Å². The van der Waals surface area contributed by atoms with E-state index in [9.17, 15) is 0 Å². The molecule has 1 rings (SSSR count). The lowest BCUT2D eigenvalue weighted by molar-refractivity contribution is 0.152. The highest BCUT2D eigenvalue weighted by atomic mass is 15.2. The molecule has 2 nitrogen and oxygen atoms in total. The van der Waals surface area contributed by atoms with Crippen LogP contribution in [0.1, 0.15) is 52.4 Å². The minimum absolute atomic E-state index is 0.281. The molecule has 1 aliphatic carbocycles. The van der Waals surface area contributed by atoms with Gasteiger partial charge in [0, 0.05) is 18.1 Å². The highest BCUT2D eigenvalue weighted by Crippen LogP contribution is 2.22. The van der Waals surface area contributed by atoms with Crippen molar-refractivity contribution in [2.45, 2.75) is 70.5 Å². The summed E-state index contributed by atoms with van der Waals surface area (Å²) in [5.74, 6) is 0. The first-order valence-electron chi connectivity index (χ1n) is 6.10. The predicted molar refractivity (Wildman–Crippen MR) is 62.4 cm³/mol. The van der Waals surface area contributed by atoms with Gasteiger partial charge in [0.1, 0.15) is 0 Å². The summed E-state index contributed by atoms with van der Waals surface area (Å²) < 4.78 is 0. The Kier molecular flexibility index (Phi) is 4.90. The molecule has 1 fully saturated rings. The normalized spacial score (nSPS) is 24.6. The first-order chi connectivity index (χ1) is 6.63. The van der Waals surface area contributed by atoms with Crippen LogP contribution in [-0.4, -0.2) is 30.1 Å². The molecule has 0 amide bonds. The Bertz CT molecular complexity index is 148. The fourth-order valence-electron chi connectivity index (χ4n) is 2.37. The van der Waals surface area contributed by atoms with Gasteiger partial charge in [-0.15, -0.1) is 0 Å². The lowest BCUT2D eigenvalue weighted by atomic mass is 10.0. The van der Waals surface area contributed by atoms with Crippen LogP contribution in [-0.2, 0) is 0 Å². The Morgan fingerprint density at radius 2 is 1.57 bits per heavy atom. The Morgan fingerprint density at radius 1 is 1.07 bits per heavy atom. The first kappa shape index (κ1) is 12.0. The Balaban J connectivity index is 2.44. The maximum atomic E-state index is 5.94. The predicted octanol–water partition coefficient (Wildman–Crippen LogP) is 2.38. The number of likely N-dealkylation sites (N-methyl/N-ethyl adjacent to an activating group) is 1. The Hall–Kier alpha value is -0.0800. The van der Waals surface area contributed by atoms with E-state index in [-0.39, 0.29) is 6.04 Å². The average molecular weight is 198 g/mol. The second-order valence-electron chi connectivity index (χ2n) is 4.91. The second-order valence-corrected chi connectivity index (χ2v) is 4.91. The summed E-state index contributed by atoms with van der Waals surface area (Å²) in [5.41, 5.74) is 5.94. The van der Waals surface area contributed by atoms with Crippen molar-refractivity contribution in [3.63, 3.8) is 0 Å². The quantitative estimate of drug-likeness (QED) is 0.705. The Labute approximate surface area is 88.8 Å². The van der Waals surface area contributed by atoms with Crippen LogP contribution in [0, 0.1) is 0 Å². The third kappa shape index (κ3) is 3.25. The highest BCUT2D eigenvalue weighted by molar-refractivity contribution is 4.80. The maximum Gasteiger partial charge on any atom is 0.0216 e. The highest BCUT2D eigenvalue weighted by Gasteiger charge is 2.22. The van der Waals surface area contributed by atoms with Crippen LogP contribution < -0.4 is 5.73 Å². The minimum Gasteiger partial charge on any atom is -0.327 e. The molecule has 0 radical (unpaired) electrons. The van der Waals surface area contributed by atoms with E-state index in [1.165, 1.54) is 38.5 Å². The second kappa shape index (κ2) is 5.72. The van der Waals surface area contributed by atoms with Crippen LogP contribution in [0.4, 0.5) is 0 Å². The zero-order valence-corrected chi connectivity index (χ0v) is 10.00. The van der Waals surface area contributed by atoms with Gasteiger partial charge in [-0.25, -0.2) is 0 Å². The van der Waals surface area contributed by atoms with Crippen molar-refractivity contribution < 1.29 is 0 Å². The van der Waals surface area contributed by atoms with E-state index < -0.39 is 0 Å². The molecule has 2 heteroatoms. The summed E-state index contributed by atoms with van der Waals surface area (Å²) in [5, 5.41) is 0. The van der Waals surface area contributed by atoms with E-state index in [1.807, 2.05) is 0 Å². The van der Waals surface area contributed by atoms with Gasteiger partial charge >= 0.3 is 0 Å². The van der Waals surface area contributed by atoms with Gasteiger partial charge in [0.25, 0.3) is 0 Å². The zero-order valence-electron chi connectivity index (χ0n) is 10.00. The van der Waals surface area contributed by atoms with Gasteiger partial charge in [-0.05, 0) is 33.7 Å². The summed E-state index contributed by atoms with van der Waals surface area (Å²) in [6.07, 6.45) is 8.40. The maximum absolute atomic E-state index is 5.94. The molecule has 1 aliphatic rings. The van der Waals surface area contributed by atoms with Gasteiger partial charge in [-0.3, -0.25) is 4.90 Å². The molecule has 2 N–H and O–H groups in total.